The van der Waals surface area contributed by atoms with Crippen LogP contribution < -0.4 is 0 Å². The topological polar surface area (TPSA) is 41.6 Å². The minimum absolute atomic E-state index is 0.517. The van der Waals surface area contributed by atoms with Gasteiger partial charge in [-0.1, -0.05) is 115 Å². The van der Waals surface area contributed by atoms with Crippen molar-refractivity contribution in [1.82, 2.24) is 9.55 Å². The molecule has 10 rings (SSSR count). The van der Waals surface area contributed by atoms with Gasteiger partial charge in [0.25, 0.3) is 0 Å². The quantitative estimate of drug-likeness (QED) is 0.203. The number of nitrogens with zero attached hydrogens (tertiary/aromatic N) is 3. The van der Waals surface area contributed by atoms with Crippen molar-refractivity contribution in [1.29, 1.82) is 5.26 Å². The van der Waals surface area contributed by atoms with Crippen LogP contribution in [-0.2, 0) is 5.41 Å². The number of para-hydroxylation sites is 2. The van der Waals surface area contributed by atoms with Crippen LogP contribution in [-0.4, -0.2) is 9.55 Å². The third-order valence-corrected chi connectivity index (χ3v) is 10.1. The van der Waals surface area contributed by atoms with Gasteiger partial charge in [0.2, 0.25) is 0 Å². The lowest BCUT2D eigenvalue weighted by molar-refractivity contribution is 0.748. The van der Waals surface area contributed by atoms with E-state index in [0.717, 1.165) is 39.0 Å². The Bertz CT molecular complexity index is 2590. The van der Waals surface area contributed by atoms with Crippen LogP contribution in [0, 0.1) is 11.3 Å². The Hall–Kier alpha value is -6.24. The van der Waals surface area contributed by atoms with Crippen LogP contribution in [0.15, 0.2) is 152 Å². The second-order valence-corrected chi connectivity index (χ2v) is 12.3. The fourth-order valence-electron chi connectivity index (χ4n) is 8.17. The summed E-state index contributed by atoms with van der Waals surface area (Å²) in [5, 5.41) is 11.8. The molecule has 0 N–H and O–H groups in total. The standard InChI is InChI=1S/C43H25N3/c44-25-27-17-19-29(20-18-27)30-21-22-33-32-11-4-5-13-36(32)43(39(33)24-30)37-14-6-7-16-40(37)46-41-34(12-8-15-38(41)43)35-23-31(26-45-42(35)46)28-9-2-1-3-10-28/h1-24,26H. The summed E-state index contributed by atoms with van der Waals surface area (Å²) in [5.41, 5.74) is 15.6. The Morgan fingerprint density at radius 3 is 2.07 bits per heavy atom. The highest BCUT2D eigenvalue weighted by molar-refractivity contribution is 6.12. The van der Waals surface area contributed by atoms with Crippen LogP contribution in [0.25, 0.3) is 61.0 Å². The molecule has 3 heteroatoms. The first-order chi connectivity index (χ1) is 22.8. The summed E-state index contributed by atoms with van der Waals surface area (Å²) in [4.78, 5) is 5.15. The highest BCUT2D eigenvalue weighted by atomic mass is 15.1. The summed E-state index contributed by atoms with van der Waals surface area (Å²) in [6.07, 6.45) is 2.01. The molecule has 0 saturated carbocycles. The summed E-state index contributed by atoms with van der Waals surface area (Å²) < 4.78 is 2.39. The molecule has 46 heavy (non-hydrogen) atoms. The first-order valence-electron chi connectivity index (χ1n) is 15.6. The van der Waals surface area contributed by atoms with Crippen LogP contribution in [0.2, 0.25) is 0 Å². The summed E-state index contributed by atoms with van der Waals surface area (Å²) >= 11 is 0. The molecule has 0 radical (unpaired) electrons. The van der Waals surface area contributed by atoms with E-state index in [1.807, 2.05) is 18.3 Å². The van der Waals surface area contributed by atoms with Gasteiger partial charge in [0.1, 0.15) is 5.65 Å². The molecule has 3 heterocycles. The van der Waals surface area contributed by atoms with Gasteiger partial charge in [-0.25, -0.2) is 4.98 Å². The van der Waals surface area contributed by atoms with Gasteiger partial charge in [-0.2, -0.15) is 5.26 Å². The molecular formula is C43H25N3. The van der Waals surface area contributed by atoms with Crippen molar-refractivity contribution in [2.24, 2.45) is 0 Å². The second-order valence-electron chi connectivity index (χ2n) is 12.3. The molecule has 1 aliphatic heterocycles. The smallest absolute Gasteiger partial charge is 0.145 e. The summed E-state index contributed by atoms with van der Waals surface area (Å²) in [6, 6.07) is 54.5. The number of rotatable bonds is 2. The molecule has 6 aromatic carbocycles. The van der Waals surface area contributed by atoms with Crippen LogP contribution in [0.5, 0.6) is 0 Å². The van der Waals surface area contributed by atoms with Crippen molar-refractivity contribution in [3.8, 4) is 45.1 Å². The zero-order chi connectivity index (χ0) is 30.4. The minimum Gasteiger partial charge on any atom is -0.293 e. The van der Waals surface area contributed by atoms with Gasteiger partial charge in [-0.3, -0.25) is 4.57 Å². The SMILES string of the molecule is N#Cc1ccc(-c2ccc3c(c2)C2(c4ccccc4-3)c3ccccc3-n3c4ncc(-c5ccccc5)cc4c4cccc2c43)cc1. The maximum Gasteiger partial charge on any atom is 0.145 e. The second kappa shape index (κ2) is 9.14. The van der Waals surface area contributed by atoms with Crippen molar-refractivity contribution in [2.75, 3.05) is 0 Å². The van der Waals surface area contributed by atoms with E-state index in [-0.39, 0.29) is 0 Å². The van der Waals surface area contributed by atoms with E-state index in [9.17, 15) is 5.26 Å². The highest BCUT2D eigenvalue weighted by Gasteiger charge is 2.50. The van der Waals surface area contributed by atoms with Gasteiger partial charge >= 0.3 is 0 Å². The molecule has 2 aromatic heterocycles. The fraction of sp³-hybridized carbons (Fsp3) is 0.0233. The predicted molar refractivity (Wildman–Crippen MR) is 185 cm³/mol. The molecule has 212 valence electrons. The average molecular weight is 584 g/mol. The largest absolute Gasteiger partial charge is 0.293 e. The maximum absolute atomic E-state index is 9.41. The number of hydrogen-bond donors (Lipinski definition) is 0. The van der Waals surface area contributed by atoms with E-state index >= 15 is 0 Å². The first kappa shape index (κ1) is 25.1. The number of nitriles is 1. The monoisotopic (exact) mass is 583 g/mol. The third kappa shape index (κ3) is 3.13. The van der Waals surface area contributed by atoms with E-state index in [0.29, 0.717) is 5.56 Å². The number of pyridine rings is 1. The molecule has 1 atom stereocenters. The van der Waals surface area contributed by atoms with E-state index in [2.05, 4.69) is 144 Å². The Labute approximate surface area is 266 Å². The number of hydrogen-bond acceptors (Lipinski definition) is 2. The molecule has 0 fully saturated rings. The van der Waals surface area contributed by atoms with Gasteiger partial charge in [-0.15, -0.1) is 0 Å². The fourth-order valence-corrected chi connectivity index (χ4v) is 8.17. The molecule has 3 nitrogen and oxygen atoms in total. The zero-order valence-corrected chi connectivity index (χ0v) is 24.8. The van der Waals surface area contributed by atoms with Crippen LogP contribution in [0.4, 0.5) is 0 Å². The zero-order valence-electron chi connectivity index (χ0n) is 24.8. The van der Waals surface area contributed by atoms with Gasteiger partial charge in [0.15, 0.2) is 0 Å². The van der Waals surface area contributed by atoms with Crippen molar-refractivity contribution >= 4 is 21.9 Å². The summed E-state index contributed by atoms with van der Waals surface area (Å²) in [7, 11) is 0. The Morgan fingerprint density at radius 1 is 0.522 bits per heavy atom. The molecule has 1 aliphatic carbocycles. The minimum atomic E-state index is -0.517. The summed E-state index contributed by atoms with van der Waals surface area (Å²) in [6.45, 7) is 0. The van der Waals surface area contributed by atoms with E-state index in [4.69, 9.17) is 4.98 Å². The summed E-state index contributed by atoms with van der Waals surface area (Å²) in [5.74, 6) is 0. The normalized spacial score (nSPS) is 15.5. The molecule has 0 bridgehead atoms. The lowest BCUT2D eigenvalue weighted by atomic mass is 9.65. The van der Waals surface area contributed by atoms with Gasteiger partial charge in [0.05, 0.1) is 28.3 Å². The van der Waals surface area contributed by atoms with Crippen molar-refractivity contribution < 1.29 is 0 Å². The van der Waals surface area contributed by atoms with E-state index in [1.165, 1.54) is 44.3 Å². The van der Waals surface area contributed by atoms with Crippen LogP contribution in [0.1, 0.15) is 27.8 Å². The Balaban J connectivity index is 1.34. The average Bonchev–Trinajstić information content (AvgIpc) is 3.62. The van der Waals surface area contributed by atoms with Gasteiger partial charge < -0.3 is 0 Å². The molecule has 0 amide bonds. The van der Waals surface area contributed by atoms with E-state index in [1.54, 1.807) is 0 Å². The van der Waals surface area contributed by atoms with Crippen molar-refractivity contribution in [3.63, 3.8) is 0 Å². The number of benzene rings is 6. The Morgan fingerprint density at radius 2 is 1.22 bits per heavy atom. The first-order valence-corrected chi connectivity index (χ1v) is 15.6. The molecule has 8 aromatic rings. The van der Waals surface area contributed by atoms with Gasteiger partial charge in [-0.05, 0) is 80.4 Å². The third-order valence-electron chi connectivity index (χ3n) is 10.1. The van der Waals surface area contributed by atoms with Crippen LogP contribution >= 0.6 is 0 Å². The Kier molecular flexibility index (Phi) is 4.99. The lowest BCUT2D eigenvalue weighted by Crippen LogP contribution is -2.33. The van der Waals surface area contributed by atoms with Gasteiger partial charge in [0, 0.05) is 22.5 Å². The molecule has 0 saturated heterocycles. The predicted octanol–water partition coefficient (Wildman–Crippen LogP) is 10.1. The molecule has 2 aliphatic rings. The maximum atomic E-state index is 9.41. The highest BCUT2D eigenvalue weighted by Crippen LogP contribution is 2.61. The van der Waals surface area contributed by atoms with Crippen LogP contribution in [0.3, 0.4) is 0 Å². The number of aromatic nitrogens is 2. The lowest BCUT2D eigenvalue weighted by Gasteiger charge is -2.39. The van der Waals surface area contributed by atoms with Crippen molar-refractivity contribution in [3.05, 3.63) is 180 Å². The van der Waals surface area contributed by atoms with Crippen molar-refractivity contribution in [2.45, 2.75) is 5.41 Å². The molecular weight excluding hydrogens is 558 g/mol. The molecule has 1 unspecified atom stereocenters. The number of fused-ring (bicyclic) bond motifs is 12. The molecule has 1 spiro atoms. The van der Waals surface area contributed by atoms with E-state index < -0.39 is 5.41 Å².